The predicted molar refractivity (Wildman–Crippen MR) is 100 cm³/mol. The van der Waals surface area contributed by atoms with Crippen LogP contribution in [0.15, 0.2) is 36.5 Å². The highest BCUT2D eigenvalue weighted by atomic mass is 28.4. The summed E-state index contributed by atoms with van der Waals surface area (Å²) in [6, 6.07) is 11.5. The zero-order valence-corrected chi connectivity index (χ0v) is 16.1. The number of pyridine rings is 1. The summed E-state index contributed by atoms with van der Waals surface area (Å²) in [5.41, 5.74) is 2.51. The molecule has 0 bridgehead atoms. The standard InChI is InChI=1S/C19H29NO3Si/c1-21-24(22-2,23-3)16-8-6-4-5-7-11-17-12-9-13-18-14-10-15-20-19(17)18/h9-10,12-15H,4-8,11,16H2,1-3H3. The van der Waals surface area contributed by atoms with E-state index in [2.05, 4.69) is 29.2 Å². The zero-order chi connectivity index (χ0) is 17.3. The lowest BCUT2D eigenvalue weighted by Gasteiger charge is -2.24. The third kappa shape index (κ3) is 5.11. The van der Waals surface area contributed by atoms with Crippen molar-refractivity contribution in [1.82, 2.24) is 4.98 Å². The molecular weight excluding hydrogens is 318 g/mol. The SMILES string of the molecule is CO[Si](CCCCCCCc1cccc2cccnc12)(OC)OC. The van der Waals surface area contributed by atoms with Crippen molar-refractivity contribution in [2.45, 2.75) is 44.6 Å². The highest BCUT2D eigenvalue weighted by Gasteiger charge is 2.36. The zero-order valence-electron chi connectivity index (χ0n) is 15.1. The number of aryl methyl sites for hydroxylation is 1. The smallest absolute Gasteiger partial charge is 0.377 e. The van der Waals surface area contributed by atoms with Crippen molar-refractivity contribution in [3.05, 3.63) is 42.1 Å². The molecule has 1 aromatic carbocycles. The molecule has 0 saturated heterocycles. The molecule has 0 aliphatic heterocycles. The van der Waals surface area contributed by atoms with Crippen LogP contribution in [-0.4, -0.2) is 35.1 Å². The van der Waals surface area contributed by atoms with E-state index in [-0.39, 0.29) is 0 Å². The van der Waals surface area contributed by atoms with E-state index in [1.807, 2.05) is 12.3 Å². The van der Waals surface area contributed by atoms with E-state index in [4.69, 9.17) is 13.3 Å². The number of unbranched alkanes of at least 4 members (excludes halogenated alkanes) is 4. The van der Waals surface area contributed by atoms with Crippen LogP contribution in [0.2, 0.25) is 6.04 Å². The van der Waals surface area contributed by atoms with Crippen molar-refractivity contribution in [1.29, 1.82) is 0 Å². The molecule has 132 valence electrons. The first kappa shape index (κ1) is 19.1. The Balaban J connectivity index is 1.68. The maximum Gasteiger partial charge on any atom is 0.500 e. The summed E-state index contributed by atoms with van der Waals surface area (Å²) < 4.78 is 16.4. The van der Waals surface area contributed by atoms with E-state index < -0.39 is 8.80 Å². The highest BCUT2D eigenvalue weighted by Crippen LogP contribution is 2.20. The molecule has 0 radical (unpaired) electrons. The van der Waals surface area contributed by atoms with Gasteiger partial charge in [0.1, 0.15) is 0 Å². The van der Waals surface area contributed by atoms with Crippen LogP contribution in [0, 0.1) is 0 Å². The van der Waals surface area contributed by atoms with Gasteiger partial charge in [-0.1, -0.05) is 43.5 Å². The summed E-state index contributed by atoms with van der Waals surface area (Å²) in [6.07, 6.45) is 8.95. The molecule has 1 aromatic heterocycles. The topological polar surface area (TPSA) is 40.6 Å². The monoisotopic (exact) mass is 347 g/mol. The van der Waals surface area contributed by atoms with Crippen LogP contribution in [0.25, 0.3) is 10.9 Å². The number of hydrogen-bond acceptors (Lipinski definition) is 4. The van der Waals surface area contributed by atoms with Gasteiger partial charge in [-0.05, 0) is 30.9 Å². The van der Waals surface area contributed by atoms with Gasteiger partial charge >= 0.3 is 8.80 Å². The molecule has 0 fully saturated rings. The van der Waals surface area contributed by atoms with Gasteiger partial charge in [0.15, 0.2) is 0 Å². The van der Waals surface area contributed by atoms with E-state index in [1.54, 1.807) is 21.3 Å². The van der Waals surface area contributed by atoms with Gasteiger partial charge in [0.2, 0.25) is 0 Å². The second-order valence-corrected chi connectivity index (χ2v) is 9.15. The molecule has 0 unspecified atom stereocenters. The first-order valence-corrected chi connectivity index (χ1v) is 10.7. The minimum absolute atomic E-state index is 0.893. The van der Waals surface area contributed by atoms with E-state index in [0.717, 1.165) is 24.4 Å². The van der Waals surface area contributed by atoms with E-state index in [1.165, 1.54) is 36.6 Å². The van der Waals surface area contributed by atoms with Crippen LogP contribution in [0.1, 0.15) is 37.7 Å². The van der Waals surface area contributed by atoms with Crippen molar-refractivity contribution in [3.63, 3.8) is 0 Å². The van der Waals surface area contributed by atoms with Crippen LogP contribution < -0.4 is 0 Å². The minimum Gasteiger partial charge on any atom is -0.377 e. The molecule has 0 atom stereocenters. The van der Waals surface area contributed by atoms with Crippen LogP contribution in [-0.2, 0) is 19.7 Å². The van der Waals surface area contributed by atoms with Gasteiger partial charge in [0.25, 0.3) is 0 Å². The Hall–Kier alpha value is -1.27. The first-order valence-electron chi connectivity index (χ1n) is 8.73. The largest absolute Gasteiger partial charge is 0.500 e. The van der Waals surface area contributed by atoms with E-state index in [9.17, 15) is 0 Å². The Morgan fingerprint density at radius 3 is 2.25 bits per heavy atom. The quantitative estimate of drug-likeness (QED) is 0.440. The lowest BCUT2D eigenvalue weighted by molar-refractivity contribution is 0.122. The number of rotatable bonds is 11. The Labute approximate surface area is 146 Å². The van der Waals surface area contributed by atoms with Gasteiger partial charge in [-0.3, -0.25) is 4.98 Å². The first-order chi connectivity index (χ1) is 11.7. The molecule has 2 aromatic rings. The average Bonchev–Trinajstić information content (AvgIpc) is 2.65. The fourth-order valence-electron chi connectivity index (χ4n) is 3.11. The number of nitrogens with zero attached hydrogens (tertiary/aromatic N) is 1. The molecule has 0 amide bonds. The maximum atomic E-state index is 5.45. The number of benzene rings is 1. The van der Waals surface area contributed by atoms with Crippen LogP contribution in [0.4, 0.5) is 0 Å². The van der Waals surface area contributed by atoms with Crippen LogP contribution in [0.5, 0.6) is 0 Å². The normalized spacial score (nSPS) is 12.0. The molecule has 2 rings (SSSR count). The van der Waals surface area contributed by atoms with Crippen molar-refractivity contribution in [2.75, 3.05) is 21.3 Å². The second kappa shape index (κ2) is 9.89. The maximum absolute atomic E-state index is 5.45. The van der Waals surface area contributed by atoms with Crippen molar-refractivity contribution in [2.24, 2.45) is 0 Å². The molecule has 0 spiro atoms. The van der Waals surface area contributed by atoms with Gasteiger partial charge < -0.3 is 13.3 Å². The number of hydrogen-bond donors (Lipinski definition) is 0. The van der Waals surface area contributed by atoms with Crippen LogP contribution in [0.3, 0.4) is 0 Å². The van der Waals surface area contributed by atoms with Crippen molar-refractivity contribution >= 4 is 19.7 Å². The summed E-state index contributed by atoms with van der Waals surface area (Å²) in [5, 5.41) is 1.23. The molecule has 0 aliphatic carbocycles. The summed E-state index contributed by atoms with van der Waals surface area (Å²) in [6.45, 7) is 0. The second-order valence-electron chi connectivity index (χ2n) is 6.06. The Morgan fingerprint density at radius 1 is 0.833 bits per heavy atom. The van der Waals surface area contributed by atoms with Gasteiger partial charge in [-0.25, -0.2) is 0 Å². The summed E-state index contributed by atoms with van der Waals surface area (Å²) in [4.78, 5) is 4.53. The summed E-state index contributed by atoms with van der Waals surface area (Å²) in [5.74, 6) is 0. The third-order valence-electron chi connectivity index (χ3n) is 4.58. The molecule has 0 saturated carbocycles. The molecule has 24 heavy (non-hydrogen) atoms. The molecule has 4 nitrogen and oxygen atoms in total. The van der Waals surface area contributed by atoms with Gasteiger partial charge in [-0.15, -0.1) is 0 Å². The molecular formula is C19H29NO3Si. The third-order valence-corrected chi connectivity index (χ3v) is 7.41. The number of fused-ring (bicyclic) bond motifs is 1. The average molecular weight is 348 g/mol. The highest BCUT2D eigenvalue weighted by molar-refractivity contribution is 6.60. The van der Waals surface area contributed by atoms with Crippen molar-refractivity contribution < 1.29 is 13.3 Å². The molecule has 5 heteroatoms. The Morgan fingerprint density at radius 2 is 1.50 bits per heavy atom. The number of aromatic nitrogens is 1. The lowest BCUT2D eigenvalue weighted by atomic mass is 10.0. The summed E-state index contributed by atoms with van der Waals surface area (Å²) >= 11 is 0. The molecule has 1 heterocycles. The van der Waals surface area contributed by atoms with E-state index in [0.29, 0.717) is 0 Å². The fourth-order valence-corrected chi connectivity index (χ4v) is 4.91. The fraction of sp³-hybridized carbons (Fsp3) is 0.526. The Kier molecular flexibility index (Phi) is 7.85. The molecule has 0 aliphatic rings. The van der Waals surface area contributed by atoms with Crippen molar-refractivity contribution in [3.8, 4) is 0 Å². The summed E-state index contributed by atoms with van der Waals surface area (Å²) in [7, 11) is 2.66. The number of para-hydroxylation sites is 1. The lowest BCUT2D eigenvalue weighted by Crippen LogP contribution is -2.42. The Bertz CT molecular complexity index is 603. The van der Waals surface area contributed by atoms with Gasteiger partial charge in [0.05, 0.1) is 5.52 Å². The van der Waals surface area contributed by atoms with Crippen LogP contribution >= 0.6 is 0 Å². The van der Waals surface area contributed by atoms with Gasteiger partial charge in [0, 0.05) is 39.0 Å². The minimum atomic E-state index is -2.38. The van der Waals surface area contributed by atoms with E-state index >= 15 is 0 Å². The predicted octanol–water partition coefficient (Wildman–Crippen LogP) is 4.61. The van der Waals surface area contributed by atoms with Gasteiger partial charge in [-0.2, -0.15) is 0 Å². The molecule has 0 N–H and O–H groups in total.